The van der Waals surface area contributed by atoms with Crippen molar-refractivity contribution in [2.24, 2.45) is 0 Å². The highest BCUT2D eigenvalue weighted by Gasteiger charge is 2.25. The molecule has 0 fully saturated rings. The molecule has 3 rings (SSSR count). The van der Waals surface area contributed by atoms with Gasteiger partial charge in [0.1, 0.15) is 11.6 Å². The lowest BCUT2D eigenvalue weighted by atomic mass is 9.99. The first-order valence-corrected chi connectivity index (χ1v) is 8.50. The van der Waals surface area contributed by atoms with E-state index in [9.17, 15) is 14.9 Å². The number of halogens is 1. The lowest BCUT2D eigenvalue weighted by molar-refractivity contribution is 0.0518. The maximum Gasteiger partial charge on any atom is 0.359 e. The average Bonchev–Trinajstić information content (AvgIpc) is 2.69. The first-order chi connectivity index (χ1) is 13.1. The lowest BCUT2D eigenvalue weighted by Gasteiger charge is -2.13. The van der Waals surface area contributed by atoms with Crippen LogP contribution >= 0.6 is 11.6 Å². The van der Waals surface area contributed by atoms with Crippen molar-refractivity contribution in [2.45, 2.75) is 6.92 Å². The first kappa shape index (κ1) is 18.4. The van der Waals surface area contributed by atoms with Crippen LogP contribution in [0.25, 0.3) is 16.8 Å². The molecule has 6 nitrogen and oxygen atoms in total. The zero-order valence-electron chi connectivity index (χ0n) is 14.3. The third kappa shape index (κ3) is 3.59. The highest BCUT2D eigenvalue weighted by Crippen LogP contribution is 2.25. The summed E-state index contributed by atoms with van der Waals surface area (Å²) in [5, 5.41) is 14.3. The van der Waals surface area contributed by atoms with E-state index in [0.29, 0.717) is 16.3 Å². The number of nitriles is 1. The molecule has 2 aromatic carbocycles. The summed E-state index contributed by atoms with van der Waals surface area (Å²) in [7, 11) is 0. The SMILES string of the molecule is CCOC(=O)c1nn(-c2ccc(Cl)cc2)c(=O)c(C#N)c1-c1ccccc1. The van der Waals surface area contributed by atoms with Crippen molar-refractivity contribution in [3.8, 4) is 22.9 Å². The van der Waals surface area contributed by atoms with E-state index < -0.39 is 11.5 Å². The van der Waals surface area contributed by atoms with Gasteiger partial charge in [0.25, 0.3) is 5.56 Å². The van der Waals surface area contributed by atoms with Crippen molar-refractivity contribution in [1.82, 2.24) is 9.78 Å². The third-order valence-corrected chi connectivity index (χ3v) is 4.06. The Balaban J connectivity index is 2.36. The molecule has 0 N–H and O–H groups in total. The van der Waals surface area contributed by atoms with Crippen LogP contribution in [-0.4, -0.2) is 22.4 Å². The van der Waals surface area contributed by atoms with E-state index in [1.165, 1.54) is 0 Å². The van der Waals surface area contributed by atoms with Crippen LogP contribution in [0.3, 0.4) is 0 Å². The molecule has 134 valence electrons. The summed E-state index contributed by atoms with van der Waals surface area (Å²) in [5.41, 5.74) is 0.151. The smallest absolute Gasteiger partial charge is 0.359 e. The van der Waals surface area contributed by atoms with Crippen LogP contribution in [0.5, 0.6) is 0 Å². The number of ether oxygens (including phenoxy) is 1. The van der Waals surface area contributed by atoms with Crippen LogP contribution in [-0.2, 0) is 4.74 Å². The van der Waals surface area contributed by atoms with E-state index in [1.807, 2.05) is 6.07 Å². The van der Waals surface area contributed by atoms with E-state index in [-0.39, 0.29) is 23.4 Å². The molecule has 0 atom stereocenters. The largest absolute Gasteiger partial charge is 0.461 e. The average molecular weight is 380 g/mol. The topological polar surface area (TPSA) is 85.0 Å². The number of benzene rings is 2. The maximum absolute atomic E-state index is 12.9. The highest BCUT2D eigenvalue weighted by atomic mass is 35.5. The van der Waals surface area contributed by atoms with Gasteiger partial charge in [-0.25, -0.2) is 4.79 Å². The maximum atomic E-state index is 12.9. The summed E-state index contributed by atoms with van der Waals surface area (Å²) in [6.07, 6.45) is 0. The van der Waals surface area contributed by atoms with Crippen molar-refractivity contribution in [2.75, 3.05) is 6.61 Å². The molecule has 0 unspecified atom stereocenters. The second-order valence-corrected chi connectivity index (χ2v) is 5.93. The van der Waals surface area contributed by atoms with Gasteiger partial charge in [0.05, 0.1) is 12.3 Å². The minimum Gasteiger partial charge on any atom is -0.461 e. The number of hydrogen-bond donors (Lipinski definition) is 0. The normalized spacial score (nSPS) is 10.3. The molecule has 0 bridgehead atoms. The highest BCUT2D eigenvalue weighted by molar-refractivity contribution is 6.30. The van der Waals surface area contributed by atoms with Gasteiger partial charge in [0, 0.05) is 10.6 Å². The van der Waals surface area contributed by atoms with Gasteiger partial charge >= 0.3 is 5.97 Å². The van der Waals surface area contributed by atoms with Crippen molar-refractivity contribution < 1.29 is 9.53 Å². The van der Waals surface area contributed by atoms with E-state index in [4.69, 9.17) is 16.3 Å². The molecule has 0 saturated heterocycles. The number of esters is 1. The third-order valence-electron chi connectivity index (χ3n) is 3.81. The molecule has 0 aliphatic carbocycles. The summed E-state index contributed by atoms with van der Waals surface area (Å²) in [4.78, 5) is 25.4. The molecule has 0 radical (unpaired) electrons. The molecule has 7 heteroatoms. The predicted octanol–water partition coefficient (Wildman–Crippen LogP) is 3.60. The Kier molecular flexibility index (Phi) is 5.34. The summed E-state index contributed by atoms with van der Waals surface area (Å²) >= 11 is 5.89. The second-order valence-electron chi connectivity index (χ2n) is 5.49. The molecular weight excluding hydrogens is 366 g/mol. The summed E-state index contributed by atoms with van der Waals surface area (Å²) in [6.45, 7) is 1.80. The van der Waals surface area contributed by atoms with Gasteiger partial charge in [-0.1, -0.05) is 41.9 Å². The Labute approximate surface area is 160 Å². The van der Waals surface area contributed by atoms with E-state index in [0.717, 1.165) is 4.68 Å². The van der Waals surface area contributed by atoms with Crippen LogP contribution in [0.2, 0.25) is 5.02 Å². The van der Waals surface area contributed by atoms with Crippen molar-refractivity contribution in [1.29, 1.82) is 5.26 Å². The molecule has 0 spiro atoms. The lowest BCUT2D eigenvalue weighted by Crippen LogP contribution is -2.28. The van der Waals surface area contributed by atoms with Gasteiger partial charge < -0.3 is 4.74 Å². The molecule has 0 aliphatic rings. The van der Waals surface area contributed by atoms with Crippen LogP contribution in [0.4, 0.5) is 0 Å². The van der Waals surface area contributed by atoms with E-state index >= 15 is 0 Å². The molecule has 27 heavy (non-hydrogen) atoms. The number of carbonyl (C=O) groups excluding carboxylic acids is 1. The second kappa shape index (κ2) is 7.85. The fraction of sp³-hybridized carbons (Fsp3) is 0.100. The summed E-state index contributed by atoms with van der Waals surface area (Å²) in [6, 6.07) is 16.9. The standard InChI is InChI=1S/C20H14ClN3O3/c1-2-27-20(26)18-17(13-6-4-3-5-7-13)16(12-22)19(25)24(23-18)15-10-8-14(21)9-11-15/h3-11H,2H2,1H3. The molecule has 0 saturated carbocycles. The van der Waals surface area contributed by atoms with Crippen LogP contribution in [0.1, 0.15) is 23.0 Å². The number of hydrogen-bond acceptors (Lipinski definition) is 5. The molecule has 1 heterocycles. The Bertz CT molecular complexity index is 1080. The first-order valence-electron chi connectivity index (χ1n) is 8.12. The fourth-order valence-corrected chi connectivity index (χ4v) is 2.74. The number of rotatable bonds is 4. The number of carbonyl (C=O) groups is 1. The Morgan fingerprint density at radius 3 is 2.44 bits per heavy atom. The number of aromatic nitrogens is 2. The molecule has 3 aromatic rings. The van der Waals surface area contributed by atoms with Crippen LogP contribution in [0.15, 0.2) is 59.4 Å². The molecule has 0 amide bonds. The fourth-order valence-electron chi connectivity index (χ4n) is 2.62. The van der Waals surface area contributed by atoms with Crippen molar-refractivity contribution >= 4 is 17.6 Å². The molecular formula is C20H14ClN3O3. The minimum absolute atomic E-state index is 0.103. The van der Waals surface area contributed by atoms with Gasteiger partial charge in [0.2, 0.25) is 0 Å². The summed E-state index contributed by atoms with van der Waals surface area (Å²) < 4.78 is 6.10. The number of nitrogens with zero attached hydrogens (tertiary/aromatic N) is 3. The minimum atomic E-state index is -0.712. The monoisotopic (exact) mass is 379 g/mol. The van der Waals surface area contributed by atoms with E-state index in [1.54, 1.807) is 61.5 Å². The van der Waals surface area contributed by atoms with Crippen molar-refractivity contribution in [3.63, 3.8) is 0 Å². The Morgan fingerprint density at radius 1 is 1.19 bits per heavy atom. The predicted molar refractivity (Wildman–Crippen MR) is 101 cm³/mol. The van der Waals surface area contributed by atoms with E-state index in [2.05, 4.69) is 5.10 Å². The molecule has 0 aliphatic heterocycles. The van der Waals surface area contributed by atoms with Crippen LogP contribution < -0.4 is 5.56 Å². The Morgan fingerprint density at radius 2 is 1.85 bits per heavy atom. The zero-order valence-corrected chi connectivity index (χ0v) is 15.1. The van der Waals surface area contributed by atoms with Crippen LogP contribution in [0, 0.1) is 11.3 Å². The summed E-state index contributed by atoms with van der Waals surface area (Å²) in [5.74, 6) is -0.712. The van der Waals surface area contributed by atoms with Gasteiger partial charge in [-0.3, -0.25) is 4.79 Å². The van der Waals surface area contributed by atoms with Gasteiger partial charge in [0.15, 0.2) is 5.69 Å². The van der Waals surface area contributed by atoms with Gasteiger partial charge in [-0.05, 0) is 36.8 Å². The van der Waals surface area contributed by atoms with Gasteiger partial charge in [-0.2, -0.15) is 15.0 Å². The van der Waals surface area contributed by atoms with Gasteiger partial charge in [-0.15, -0.1) is 0 Å². The molecule has 1 aromatic heterocycles. The van der Waals surface area contributed by atoms with Crippen molar-refractivity contribution in [3.05, 3.63) is 81.2 Å². The Hall–Kier alpha value is -3.43. The quantitative estimate of drug-likeness (QED) is 0.646. The zero-order chi connectivity index (χ0) is 19.4.